The summed E-state index contributed by atoms with van der Waals surface area (Å²) < 4.78 is 2.94. The van der Waals surface area contributed by atoms with Gasteiger partial charge in [0.2, 0.25) is 0 Å². The van der Waals surface area contributed by atoms with Crippen LogP contribution in [-0.2, 0) is 9.59 Å². The van der Waals surface area contributed by atoms with Crippen molar-refractivity contribution >= 4 is 26.0 Å². The van der Waals surface area contributed by atoms with E-state index in [1.165, 1.54) is 141 Å². The van der Waals surface area contributed by atoms with Gasteiger partial charge in [0.15, 0.2) is 0 Å². The summed E-state index contributed by atoms with van der Waals surface area (Å²) in [4.78, 5) is 27.7. The Morgan fingerprint density at radius 2 is 0.596 bits per heavy atom. The van der Waals surface area contributed by atoms with Crippen molar-refractivity contribution in [2.75, 3.05) is 0 Å². The zero-order chi connectivity index (χ0) is 34.5. The summed E-state index contributed by atoms with van der Waals surface area (Å²) in [7, 11) is 0. The normalized spacial score (nSPS) is 12.2. The Kier molecular flexibility index (Phi) is 36.6. The van der Waals surface area contributed by atoms with Crippen molar-refractivity contribution < 1.29 is 9.59 Å². The van der Waals surface area contributed by atoms with Gasteiger partial charge in [0.05, 0.1) is 0 Å². The van der Waals surface area contributed by atoms with Gasteiger partial charge in [0.1, 0.15) is 0 Å². The van der Waals surface area contributed by atoms with Crippen LogP contribution in [0.25, 0.3) is 0 Å². The molecule has 0 heterocycles. The molecule has 3 heteroatoms. The van der Waals surface area contributed by atoms with Crippen molar-refractivity contribution in [1.82, 2.24) is 0 Å². The second kappa shape index (κ2) is 36.9. The van der Waals surface area contributed by atoms with Crippen LogP contribution in [0.5, 0.6) is 0 Å². The van der Waals surface area contributed by atoms with Crippen molar-refractivity contribution in [2.45, 2.75) is 242 Å². The molecular formula is C44H84O2Sn. The number of hydrogen-bond donors (Lipinski definition) is 0. The molecule has 0 atom stereocenters. The van der Waals surface area contributed by atoms with Crippen LogP contribution in [0.1, 0.15) is 233 Å². The van der Waals surface area contributed by atoms with Crippen molar-refractivity contribution in [3.05, 3.63) is 24.3 Å². The first-order valence-electron chi connectivity index (χ1n) is 21.5. The molecule has 0 aromatic heterocycles. The maximum atomic E-state index is 13.9. The van der Waals surface area contributed by atoms with Gasteiger partial charge in [-0.25, -0.2) is 0 Å². The Morgan fingerprint density at radius 1 is 0.340 bits per heavy atom. The molecule has 0 unspecified atom stereocenters. The predicted molar refractivity (Wildman–Crippen MR) is 214 cm³/mol. The molecule has 2 nitrogen and oxygen atoms in total. The third-order valence-corrected chi connectivity index (χ3v) is 24.7. The number of hydrogen-bond acceptors (Lipinski definition) is 2. The predicted octanol–water partition coefficient (Wildman–Crippen LogP) is 15.3. The molecule has 0 N–H and O–H groups in total. The smallest absolute Gasteiger partial charge is 0.0654 e. The minimum atomic E-state index is -3.50. The summed E-state index contributed by atoms with van der Waals surface area (Å²) >= 11 is -3.50. The van der Waals surface area contributed by atoms with E-state index in [4.69, 9.17) is 0 Å². The van der Waals surface area contributed by atoms with E-state index in [0.717, 1.165) is 60.2 Å². The van der Waals surface area contributed by atoms with Crippen molar-refractivity contribution in [1.29, 1.82) is 0 Å². The van der Waals surface area contributed by atoms with Crippen LogP contribution in [0.15, 0.2) is 24.3 Å². The van der Waals surface area contributed by atoms with Gasteiger partial charge >= 0.3 is 224 Å². The van der Waals surface area contributed by atoms with Crippen LogP contribution in [0.3, 0.4) is 0 Å². The monoisotopic (exact) mass is 765 g/mol. The summed E-state index contributed by atoms with van der Waals surface area (Å²) in [6, 6.07) is 0. The Morgan fingerprint density at radius 3 is 0.894 bits per heavy atom. The first-order valence-corrected chi connectivity index (χ1v) is 28.3. The van der Waals surface area contributed by atoms with E-state index >= 15 is 0 Å². The van der Waals surface area contributed by atoms with E-state index in [2.05, 4.69) is 52.0 Å². The van der Waals surface area contributed by atoms with Gasteiger partial charge in [-0.2, -0.15) is 0 Å². The van der Waals surface area contributed by atoms with Crippen molar-refractivity contribution in [3.8, 4) is 0 Å². The molecule has 0 radical (unpaired) electrons. The summed E-state index contributed by atoms with van der Waals surface area (Å²) in [6.45, 7) is 9.00. The average Bonchev–Trinajstić information content (AvgIpc) is 3.08. The van der Waals surface area contributed by atoms with Gasteiger partial charge in [-0.1, -0.05) is 78.1 Å². The first-order chi connectivity index (χ1) is 23.1. The van der Waals surface area contributed by atoms with Crippen LogP contribution in [-0.4, -0.2) is 26.0 Å². The fourth-order valence-electron chi connectivity index (χ4n) is 6.99. The fraction of sp³-hybridized carbons (Fsp3) is 0.864. The number of rotatable bonds is 38. The molecule has 276 valence electrons. The van der Waals surface area contributed by atoms with Crippen LogP contribution < -0.4 is 0 Å². The van der Waals surface area contributed by atoms with Crippen molar-refractivity contribution in [3.63, 3.8) is 0 Å². The van der Waals surface area contributed by atoms with Crippen molar-refractivity contribution in [2.24, 2.45) is 0 Å². The molecule has 0 aliphatic heterocycles. The third-order valence-electron chi connectivity index (χ3n) is 10.3. The van der Waals surface area contributed by atoms with E-state index < -0.39 is 18.4 Å². The van der Waals surface area contributed by atoms with Crippen LogP contribution in [0, 0.1) is 0 Å². The number of carbonyl (C=O) groups is 2. The van der Waals surface area contributed by atoms with Gasteiger partial charge in [0.25, 0.3) is 0 Å². The molecule has 0 aliphatic carbocycles. The topological polar surface area (TPSA) is 34.1 Å². The van der Waals surface area contributed by atoms with Gasteiger partial charge in [-0.15, -0.1) is 0 Å². The molecule has 0 saturated carbocycles. The van der Waals surface area contributed by atoms with Crippen LogP contribution in [0.2, 0.25) is 8.87 Å². The van der Waals surface area contributed by atoms with Crippen LogP contribution in [0.4, 0.5) is 0 Å². The average molecular weight is 764 g/mol. The molecule has 0 amide bonds. The second-order valence-corrected chi connectivity index (χ2v) is 27.0. The zero-order valence-electron chi connectivity index (χ0n) is 32.7. The molecule has 0 spiro atoms. The van der Waals surface area contributed by atoms with E-state index in [1.54, 1.807) is 0 Å². The Labute approximate surface area is 300 Å². The summed E-state index contributed by atoms with van der Waals surface area (Å²) in [6.07, 6.45) is 48.6. The van der Waals surface area contributed by atoms with E-state index in [9.17, 15) is 9.59 Å². The van der Waals surface area contributed by atoms with Gasteiger partial charge in [-0.05, 0) is 0 Å². The summed E-state index contributed by atoms with van der Waals surface area (Å²) in [5.41, 5.74) is 0. The van der Waals surface area contributed by atoms with E-state index in [1.807, 2.05) is 0 Å². The Bertz CT molecular complexity index is 677. The third kappa shape index (κ3) is 28.1. The molecule has 0 aromatic carbocycles. The molecule has 0 aliphatic rings. The first kappa shape index (κ1) is 46.6. The minimum Gasteiger partial charge on any atom is -0.0654 e. The molecule has 0 bridgehead atoms. The number of unbranched alkanes of at least 4 members (excludes halogenated alkanes) is 24. The minimum absolute atomic E-state index is 0.483. The number of allylic oxidation sites excluding steroid dienone is 4. The molecule has 0 saturated heterocycles. The zero-order valence-corrected chi connectivity index (χ0v) is 35.5. The molecule has 0 fully saturated rings. The molecular weight excluding hydrogens is 679 g/mol. The maximum absolute atomic E-state index is 13.9. The van der Waals surface area contributed by atoms with Gasteiger partial charge < -0.3 is 0 Å². The Balaban J connectivity index is 4.34. The summed E-state index contributed by atoms with van der Waals surface area (Å²) in [5.74, 6) is 0. The SMILES string of the molecule is CCCCCCCCC=CCCCCCCC[C](=O)[Sn]([CH2]CCC)([CH2]CCC)[C](=O)CCCCCCCC=CCCCCCCCC. The molecule has 47 heavy (non-hydrogen) atoms. The standard InChI is InChI=1S/2C18H33O.2C4H9.Sn/c2*1-2-3-4-5-6-7-8-9-10-11-12-13-14-15-16-17-18-19;2*1-3-4-2;/h2*9-10H,2-8,11-17H2,1H3;2*1,3-4H2,2H3;. The van der Waals surface area contributed by atoms with Gasteiger partial charge in [-0.3, -0.25) is 0 Å². The quantitative estimate of drug-likeness (QED) is 0.0357. The fourth-order valence-corrected chi connectivity index (χ4v) is 21.0. The molecule has 0 aromatic rings. The molecule has 0 rings (SSSR count). The summed E-state index contributed by atoms with van der Waals surface area (Å²) in [5, 5.41) is 0. The second-order valence-electron chi connectivity index (χ2n) is 14.8. The number of carbonyl (C=O) groups excluding carboxylic acids is 2. The van der Waals surface area contributed by atoms with Gasteiger partial charge in [0, 0.05) is 0 Å². The van der Waals surface area contributed by atoms with Crippen LogP contribution >= 0.6 is 0 Å². The Hall–Kier alpha value is -0.381. The van der Waals surface area contributed by atoms with E-state index in [-0.39, 0.29) is 0 Å². The van der Waals surface area contributed by atoms with E-state index in [0.29, 0.717) is 20.4 Å².